The first kappa shape index (κ1) is 11.3. The molecule has 1 heterocycles. The molecule has 0 bridgehead atoms. The maximum atomic E-state index is 10.6. The summed E-state index contributed by atoms with van der Waals surface area (Å²) in [4.78, 5) is 10.6. The minimum absolute atomic E-state index is 0.295. The van der Waals surface area contributed by atoms with Gasteiger partial charge in [0.05, 0.1) is 18.3 Å². The van der Waals surface area contributed by atoms with E-state index < -0.39 is 5.97 Å². The molecule has 0 aliphatic heterocycles. The summed E-state index contributed by atoms with van der Waals surface area (Å²) in [6.07, 6.45) is 1.60. The van der Waals surface area contributed by atoms with Crippen LogP contribution in [-0.4, -0.2) is 16.2 Å². The number of nitrogens with one attached hydrogen (secondary N) is 1. The summed E-state index contributed by atoms with van der Waals surface area (Å²) in [5.74, 6) is -0.140. The van der Waals surface area contributed by atoms with Crippen molar-refractivity contribution in [2.24, 2.45) is 0 Å². The van der Waals surface area contributed by atoms with Crippen molar-refractivity contribution in [2.75, 3.05) is 0 Å². The van der Waals surface area contributed by atoms with Crippen LogP contribution >= 0.6 is 0 Å². The molecule has 0 saturated carbocycles. The Kier molecular flexibility index (Phi) is 3.52. The van der Waals surface area contributed by atoms with Crippen molar-refractivity contribution in [2.45, 2.75) is 13.1 Å². The second-order valence-electron chi connectivity index (χ2n) is 3.58. The smallest absolute Gasteiger partial charge is 0.335 e. The average Bonchev–Trinajstić information content (AvgIpc) is 2.83. The molecular formula is C12H12N2O3. The van der Waals surface area contributed by atoms with Crippen LogP contribution in [0.1, 0.15) is 21.7 Å². The molecule has 0 amide bonds. The number of aromatic nitrogens is 1. The Morgan fingerprint density at radius 2 is 2.00 bits per heavy atom. The van der Waals surface area contributed by atoms with Crippen molar-refractivity contribution in [1.29, 1.82) is 0 Å². The van der Waals surface area contributed by atoms with Gasteiger partial charge in [0.1, 0.15) is 5.76 Å². The summed E-state index contributed by atoms with van der Waals surface area (Å²) >= 11 is 0. The van der Waals surface area contributed by atoms with E-state index in [4.69, 9.17) is 9.63 Å². The second-order valence-corrected chi connectivity index (χ2v) is 3.58. The van der Waals surface area contributed by atoms with Crippen LogP contribution in [0.5, 0.6) is 0 Å². The molecule has 1 aromatic heterocycles. The lowest BCUT2D eigenvalue weighted by Crippen LogP contribution is -2.12. The topological polar surface area (TPSA) is 75.4 Å². The van der Waals surface area contributed by atoms with Gasteiger partial charge in [0.2, 0.25) is 0 Å². The fourth-order valence-electron chi connectivity index (χ4n) is 1.43. The maximum Gasteiger partial charge on any atom is 0.335 e. The summed E-state index contributed by atoms with van der Waals surface area (Å²) in [7, 11) is 0. The van der Waals surface area contributed by atoms with Gasteiger partial charge in [0, 0.05) is 12.6 Å². The Morgan fingerprint density at radius 3 is 2.59 bits per heavy atom. The fraction of sp³-hybridized carbons (Fsp3) is 0.167. The lowest BCUT2D eigenvalue weighted by atomic mass is 10.1. The molecule has 0 aliphatic carbocycles. The largest absolute Gasteiger partial charge is 0.478 e. The first-order chi connectivity index (χ1) is 8.25. The van der Waals surface area contributed by atoms with E-state index in [-0.39, 0.29) is 0 Å². The molecule has 5 nitrogen and oxygen atoms in total. The Labute approximate surface area is 98.1 Å². The summed E-state index contributed by atoms with van der Waals surface area (Å²) in [6, 6.07) is 8.55. The van der Waals surface area contributed by atoms with Crippen molar-refractivity contribution in [3.05, 3.63) is 53.4 Å². The van der Waals surface area contributed by atoms with E-state index in [1.807, 2.05) is 0 Å². The van der Waals surface area contributed by atoms with E-state index in [1.54, 1.807) is 36.5 Å². The van der Waals surface area contributed by atoms with Gasteiger partial charge in [-0.15, -0.1) is 0 Å². The highest BCUT2D eigenvalue weighted by Crippen LogP contribution is 2.04. The standard InChI is InChI=1S/C12H12N2O3/c15-12(16)10-3-1-9(2-4-10)7-13-8-11-5-6-14-17-11/h1-6,13H,7-8H2,(H,15,16). The second kappa shape index (κ2) is 5.27. The van der Waals surface area contributed by atoms with Gasteiger partial charge in [-0.05, 0) is 17.7 Å². The van der Waals surface area contributed by atoms with Gasteiger partial charge in [0.15, 0.2) is 0 Å². The van der Waals surface area contributed by atoms with Crippen molar-refractivity contribution in [3.8, 4) is 0 Å². The highest BCUT2D eigenvalue weighted by Gasteiger charge is 2.01. The number of nitrogens with zero attached hydrogens (tertiary/aromatic N) is 1. The quantitative estimate of drug-likeness (QED) is 0.820. The number of carboxylic acids is 1. The van der Waals surface area contributed by atoms with Gasteiger partial charge in [-0.25, -0.2) is 4.79 Å². The van der Waals surface area contributed by atoms with Crippen molar-refractivity contribution in [1.82, 2.24) is 10.5 Å². The average molecular weight is 232 g/mol. The van der Waals surface area contributed by atoms with E-state index >= 15 is 0 Å². The molecule has 1 aromatic carbocycles. The molecule has 0 spiro atoms. The lowest BCUT2D eigenvalue weighted by molar-refractivity contribution is 0.0697. The summed E-state index contributed by atoms with van der Waals surface area (Å²) in [5.41, 5.74) is 1.32. The van der Waals surface area contributed by atoms with Gasteiger partial charge in [0.25, 0.3) is 0 Å². The highest BCUT2D eigenvalue weighted by atomic mass is 16.5. The van der Waals surface area contributed by atoms with Gasteiger partial charge in [-0.3, -0.25) is 0 Å². The SMILES string of the molecule is O=C(O)c1ccc(CNCc2ccno2)cc1. The molecule has 0 aliphatic rings. The summed E-state index contributed by atoms with van der Waals surface area (Å²) < 4.78 is 4.93. The Hall–Kier alpha value is -2.14. The van der Waals surface area contributed by atoms with E-state index in [0.29, 0.717) is 18.7 Å². The maximum absolute atomic E-state index is 10.6. The molecule has 2 aromatic rings. The highest BCUT2D eigenvalue weighted by molar-refractivity contribution is 5.87. The molecule has 2 N–H and O–H groups in total. The van der Waals surface area contributed by atoms with Crippen LogP contribution in [0, 0.1) is 0 Å². The molecule has 5 heteroatoms. The Balaban J connectivity index is 1.85. The van der Waals surface area contributed by atoms with E-state index in [0.717, 1.165) is 11.3 Å². The van der Waals surface area contributed by atoms with Crippen molar-refractivity contribution < 1.29 is 14.4 Å². The number of hydrogen-bond donors (Lipinski definition) is 2. The monoisotopic (exact) mass is 232 g/mol. The molecule has 0 unspecified atom stereocenters. The minimum Gasteiger partial charge on any atom is -0.478 e. The zero-order chi connectivity index (χ0) is 12.1. The van der Waals surface area contributed by atoms with E-state index in [1.165, 1.54) is 0 Å². The number of rotatable bonds is 5. The number of hydrogen-bond acceptors (Lipinski definition) is 4. The molecule has 0 saturated heterocycles. The van der Waals surface area contributed by atoms with Crippen molar-refractivity contribution in [3.63, 3.8) is 0 Å². The minimum atomic E-state index is -0.911. The van der Waals surface area contributed by atoms with Crippen LogP contribution in [0.4, 0.5) is 0 Å². The first-order valence-corrected chi connectivity index (χ1v) is 5.18. The molecule has 2 rings (SSSR count). The van der Waals surface area contributed by atoms with Gasteiger partial charge < -0.3 is 14.9 Å². The Bertz CT molecular complexity index is 477. The van der Waals surface area contributed by atoms with Crippen LogP contribution < -0.4 is 5.32 Å². The zero-order valence-electron chi connectivity index (χ0n) is 9.09. The van der Waals surface area contributed by atoms with E-state index in [9.17, 15) is 4.79 Å². The lowest BCUT2D eigenvalue weighted by Gasteiger charge is -2.03. The van der Waals surface area contributed by atoms with Crippen molar-refractivity contribution >= 4 is 5.97 Å². The third-order valence-electron chi connectivity index (χ3n) is 2.32. The van der Waals surface area contributed by atoms with Crippen LogP contribution in [0.3, 0.4) is 0 Å². The third kappa shape index (κ3) is 3.15. The molecule has 0 fully saturated rings. The molecule has 0 atom stereocenters. The normalized spacial score (nSPS) is 10.4. The van der Waals surface area contributed by atoms with Crippen LogP contribution in [-0.2, 0) is 13.1 Å². The van der Waals surface area contributed by atoms with Crippen LogP contribution in [0.25, 0.3) is 0 Å². The van der Waals surface area contributed by atoms with E-state index in [2.05, 4.69) is 10.5 Å². The number of carbonyl (C=O) groups is 1. The predicted molar refractivity (Wildman–Crippen MR) is 60.4 cm³/mol. The predicted octanol–water partition coefficient (Wildman–Crippen LogP) is 1.66. The first-order valence-electron chi connectivity index (χ1n) is 5.18. The summed E-state index contributed by atoms with van der Waals surface area (Å²) in [6.45, 7) is 1.25. The molecule has 0 radical (unpaired) electrons. The Morgan fingerprint density at radius 1 is 1.24 bits per heavy atom. The zero-order valence-corrected chi connectivity index (χ0v) is 9.09. The number of aromatic carboxylic acids is 1. The summed E-state index contributed by atoms with van der Waals surface area (Å²) in [5, 5.41) is 15.5. The van der Waals surface area contributed by atoms with Crippen LogP contribution in [0.2, 0.25) is 0 Å². The number of carboxylic acid groups (broad SMARTS) is 1. The van der Waals surface area contributed by atoms with Gasteiger partial charge in [-0.1, -0.05) is 17.3 Å². The van der Waals surface area contributed by atoms with Gasteiger partial charge in [-0.2, -0.15) is 0 Å². The molecule has 17 heavy (non-hydrogen) atoms. The fourth-order valence-corrected chi connectivity index (χ4v) is 1.43. The molecular weight excluding hydrogens is 220 g/mol. The number of benzene rings is 1. The van der Waals surface area contributed by atoms with Crippen LogP contribution in [0.15, 0.2) is 41.1 Å². The van der Waals surface area contributed by atoms with Gasteiger partial charge >= 0.3 is 5.97 Å². The third-order valence-corrected chi connectivity index (χ3v) is 2.32. The molecule has 88 valence electrons.